The van der Waals surface area contributed by atoms with E-state index in [4.69, 9.17) is 16.3 Å². The number of esters is 1. The van der Waals surface area contributed by atoms with Crippen LogP contribution in [0.2, 0.25) is 0 Å². The molecule has 4 aliphatic rings. The number of carbonyl (C=O) groups excluding carboxylic acids is 2. The predicted octanol–water partition coefficient (Wildman–Crippen LogP) is 3.95. The molecule has 4 aliphatic carbocycles. The highest BCUT2D eigenvalue weighted by Gasteiger charge is 2.77. The number of rotatable bonds is 3. The van der Waals surface area contributed by atoms with Crippen molar-refractivity contribution in [3.05, 3.63) is 23.6 Å². The highest BCUT2D eigenvalue weighted by Crippen LogP contribution is 2.72. The van der Waals surface area contributed by atoms with Gasteiger partial charge in [-0.1, -0.05) is 33.8 Å². The van der Waals surface area contributed by atoms with Crippen LogP contribution in [0.3, 0.4) is 0 Å². The maximum Gasteiger partial charge on any atom is 0.349 e. The summed E-state index contributed by atoms with van der Waals surface area (Å²) in [5, 5.41) is 21.8. The van der Waals surface area contributed by atoms with E-state index in [1.807, 2.05) is 0 Å². The Bertz CT molecular complexity index is 960. The summed E-state index contributed by atoms with van der Waals surface area (Å²) in [6, 6.07) is 0. The SMILES string of the molecule is CCC(=O)O[C@]1(C(=O)O)[C@H](C)C[C@H]2[C@@H]3CCC4=C(F)C(=O)C=C[C@]4(C)[C@@]3(Cl)[C@@H](O)C[C@@]21C. The number of aliphatic hydroxyl groups excluding tert-OH is 1. The minimum atomic E-state index is -1.79. The number of carboxylic acids is 1. The van der Waals surface area contributed by atoms with Gasteiger partial charge in [-0.25, -0.2) is 9.18 Å². The van der Waals surface area contributed by atoms with Crippen LogP contribution in [0.4, 0.5) is 4.39 Å². The first-order valence-electron chi connectivity index (χ1n) is 11.3. The molecule has 176 valence electrons. The Hall–Kier alpha value is -1.73. The van der Waals surface area contributed by atoms with Gasteiger partial charge in [-0.05, 0) is 49.2 Å². The van der Waals surface area contributed by atoms with Crippen LogP contribution < -0.4 is 0 Å². The highest BCUT2D eigenvalue weighted by molar-refractivity contribution is 6.26. The van der Waals surface area contributed by atoms with Gasteiger partial charge >= 0.3 is 11.9 Å². The number of carbonyl (C=O) groups is 3. The standard InChI is InChI=1S/C24H30ClFO6/c1-5-18(29)32-24(20(30)31)12(2)10-15-13-6-7-14-19(26)16(27)8-9-21(14,3)23(13,25)17(28)11-22(15,24)4/h8-9,12-13,15,17,28H,5-7,10-11H2,1-4H3,(H,30,31)/t12-,13+,15+,17+,21+,22+,23+,24+/m1/s1. The normalized spacial score (nSPS) is 47.5. The molecule has 8 heteroatoms. The second kappa shape index (κ2) is 7.13. The summed E-state index contributed by atoms with van der Waals surface area (Å²) < 4.78 is 20.5. The van der Waals surface area contributed by atoms with Crippen molar-refractivity contribution in [3.8, 4) is 0 Å². The number of ketones is 1. The third kappa shape index (κ3) is 2.52. The van der Waals surface area contributed by atoms with Crippen LogP contribution in [0.1, 0.15) is 59.8 Å². The van der Waals surface area contributed by atoms with Crippen molar-refractivity contribution < 1.29 is 33.7 Å². The smallest absolute Gasteiger partial charge is 0.349 e. The van der Waals surface area contributed by atoms with Crippen LogP contribution in [-0.4, -0.2) is 44.5 Å². The zero-order chi connectivity index (χ0) is 23.9. The molecule has 0 bridgehead atoms. The van der Waals surface area contributed by atoms with Crippen LogP contribution in [0.15, 0.2) is 23.6 Å². The van der Waals surface area contributed by atoms with Crippen LogP contribution in [0.25, 0.3) is 0 Å². The van der Waals surface area contributed by atoms with Crippen molar-refractivity contribution >= 4 is 29.3 Å². The number of alkyl halides is 1. The Balaban J connectivity index is 1.86. The van der Waals surface area contributed by atoms with E-state index < -0.39 is 56.9 Å². The molecule has 4 rings (SSSR count). The molecule has 0 aromatic heterocycles. The number of aliphatic hydroxyl groups is 1. The number of carboxylic acid groups (broad SMARTS) is 1. The van der Waals surface area contributed by atoms with E-state index in [-0.39, 0.29) is 24.7 Å². The Morgan fingerprint density at radius 3 is 2.56 bits per heavy atom. The van der Waals surface area contributed by atoms with E-state index in [9.17, 15) is 29.0 Å². The molecule has 0 aromatic carbocycles. The van der Waals surface area contributed by atoms with Crippen LogP contribution in [0, 0.1) is 28.6 Å². The number of hydrogen-bond donors (Lipinski definition) is 2. The Morgan fingerprint density at radius 1 is 1.31 bits per heavy atom. The molecule has 3 fully saturated rings. The lowest BCUT2D eigenvalue weighted by atomic mass is 9.45. The zero-order valence-electron chi connectivity index (χ0n) is 18.8. The summed E-state index contributed by atoms with van der Waals surface area (Å²) >= 11 is 7.27. The van der Waals surface area contributed by atoms with Gasteiger partial charge in [-0.2, -0.15) is 0 Å². The van der Waals surface area contributed by atoms with Gasteiger partial charge < -0.3 is 14.9 Å². The monoisotopic (exact) mass is 468 g/mol. The average Bonchev–Trinajstić information content (AvgIpc) is 2.94. The minimum absolute atomic E-state index is 0.0163. The average molecular weight is 469 g/mol. The van der Waals surface area contributed by atoms with E-state index in [1.54, 1.807) is 33.8 Å². The first-order valence-corrected chi connectivity index (χ1v) is 11.6. The summed E-state index contributed by atoms with van der Waals surface area (Å²) in [6.45, 7) is 6.89. The molecule has 0 spiro atoms. The van der Waals surface area contributed by atoms with Gasteiger partial charge in [0.25, 0.3) is 0 Å². The fraction of sp³-hybridized carbons (Fsp3) is 0.708. The molecule has 0 aliphatic heterocycles. The Kier molecular flexibility index (Phi) is 5.22. The van der Waals surface area contributed by atoms with Crippen molar-refractivity contribution in [2.75, 3.05) is 0 Å². The summed E-state index contributed by atoms with van der Waals surface area (Å²) in [5.74, 6) is -4.46. The molecule has 0 radical (unpaired) electrons. The van der Waals surface area contributed by atoms with Crippen molar-refractivity contribution in [3.63, 3.8) is 0 Å². The molecule has 0 heterocycles. The molecule has 0 saturated heterocycles. The molecule has 3 saturated carbocycles. The molecule has 0 unspecified atom stereocenters. The van der Waals surface area contributed by atoms with Crippen LogP contribution in [0.5, 0.6) is 0 Å². The molecule has 32 heavy (non-hydrogen) atoms. The van der Waals surface area contributed by atoms with Gasteiger partial charge in [-0.3, -0.25) is 9.59 Å². The van der Waals surface area contributed by atoms with E-state index in [0.29, 0.717) is 24.8 Å². The summed E-state index contributed by atoms with van der Waals surface area (Å²) in [7, 11) is 0. The van der Waals surface area contributed by atoms with E-state index >= 15 is 0 Å². The summed E-state index contributed by atoms with van der Waals surface area (Å²) in [6.07, 6.45) is 2.74. The van der Waals surface area contributed by atoms with E-state index in [2.05, 4.69) is 0 Å². The lowest BCUT2D eigenvalue weighted by molar-refractivity contribution is -0.212. The van der Waals surface area contributed by atoms with E-state index in [0.717, 1.165) is 0 Å². The van der Waals surface area contributed by atoms with Crippen molar-refractivity contribution in [1.29, 1.82) is 0 Å². The van der Waals surface area contributed by atoms with Crippen LogP contribution in [-0.2, 0) is 19.1 Å². The van der Waals surface area contributed by atoms with Crippen LogP contribution >= 0.6 is 11.6 Å². The molecule has 0 amide bonds. The van der Waals surface area contributed by atoms with Gasteiger partial charge in [0, 0.05) is 23.2 Å². The second-order valence-corrected chi connectivity index (χ2v) is 11.0. The lowest BCUT2D eigenvalue weighted by Crippen LogP contribution is -2.69. The minimum Gasteiger partial charge on any atom is -0.478 e. The van der Waals surface area contributed by atoms with Gasteiger partial charge in [0.05, 0.1) is 11.0 Å². The number of hydrogen-bond acceptors (Lipinski definition) is 5. The molecule has 2 N–H and O–H groups in total. The highest BCUT2D eigenvalue weighted by atomic mass is 35.5. The molecular formula is C24H30ClFO6. The lowest BCUT2D eigenvalue weighted by Gasteiger charge is -2.63. The molecular weight excluding hydrogens is 439 g/mol. The third-order valence-corrected chi connectivity index (χ3v) is 10.1. The van der Waals surface area contributed by atoms with Gasteiger partial charge in [-0.15, -0.1) is 11.6 Å². The van der Waals surface area contributed by atoms with Crippen molar-refractivity contribution in [2.24, 2.45) is 28.6 Å². The van der Waals surface area contributed by atoms with Gasteiger partial charge in [0.2, 0.25) is 11.4 Å². The van der Waals surface area contributed by atoms with Gasteiger partial charge in [0.1, 0.15) is 0 Å². The van der Waals surface area contributed by atoms with E-state index in [1.165, 1.54) is 6.08 Å². The third-order valence-electron chi connectivity index (χ3n) is 9.15. The maximum atomic E-state index is 14.8. The molecule has 8 atom stereocenters. The Morgan fingerprint density at radius 2 is 1.97 bits per heavy atom. The number of ether oxygens (including phenoxy) is 1. The number of halogens is 2. The number of aliphatic carboxylic acids is 1. The number of fused-ring (bicyclic) bond motifs is 5. The first kappa shape index (κ1) is 23.4. The largest absolute Gasteiger partial charge is 0.478 e. The zero-order valence-corrected chi connectivity index (χ0v) is 19.5. The number of allylic oxidation sites excluding steroid dienone is 4. The van der Waals surface area contributed by atoms with Crippen molar-refractivity contribution in [1.82, 2.24) is 0 Å². The quantitative estimate of drug-likeness (QED) is 0.480. The fourth-order valence-electron chi connectivity index (χ4n) is 7.58. The summed E-state index contributed by atoms with van der Waals surface area (Å²) in [5.41, 5.74) is -3.64. The Labute approximate surface area is 191 Å². The predicted molar refractivity (Wildman–Crippen MR) is 114 cm³/mol. The maximum absolute atomic E-state index is 14.8. The molecule has 0 aromatic rings. The van der Waals surface area contributed by atoms with Gasteiger partial charge in [0.15, 0.2) is 5.83 Å². The summed E-state index contributed by atoms with van der Waals surface area (Å²) in [4.78, 5) is 35.6. The molecule has 6 nitrogen and oxygen atoms in total. The fourth-order valence-corrected chi connectivity index (χ4v) is 8.09. The van der Waals surface area contributed by atoms with Crippen molar-refractivity contribution in [2.45, 2.75) is 76.4 Å². The first-order chi connectivity index (χ1) is 14.8. The topological polar surface area (TPSA) is 101 Å². The second-order valence-electron chi connectivity index (χ2n) is 10.4.